The monoisotopic (exact) mass is 160 g/mol. The molecule has 0 aliphatic rings. The second-order valence-electron chi connectivity index (χ2n) is 3.63. The van der Waals surface area contributed by atoms with Crippen LogP contribution >= 0.6 is 0 Å². The first-order chi connectivity index (χ1) is 5.73. The highest BCUT2D eigenvalue weighted by atomic mass is 14.2. The molecule has 0 saturated carbocycles. The molecule has 1 aromatic carbocycles. The maximum atomic E-state index is 2.34. The third-order valence-electron chi connectivity index (χ3n) is 3.03. The first kappa shape index (κ1) is 9.37. The normalized spacial score (nSPS) is 11.5. The van der Waals surface area contributed by atoms with E-state index in [0.29, 0.717) is 5.31 Å². The highest BCUT2D eigenvalue weighted by Crippen LogP contribution is 2.27. The van der Waals surface area contributed by atoms with Gasteiger partial charge in [0.05, 0.1) is 0 Å². The van der Waals surface area contributed by atoms with Crippen LogP contribution in [0.4, 0.5) is 0 Å². The van der Waals surface area contributed by atoms with E-state index in [-0.39, 0.29) is 0 Å². The van der Waals surface area contributed by atoms with Gasteiger partial charge in [0.15, 0.2) is 0 Å². The minimum absolute atomic E-state index is 0.376. The van der Waals surface area contributed by atoms with Gasteiger partial charge in [0.1, 0.15) is 7.85 Å². The van der Waals surface area contributed by atoms with Crippen LogP contribution in [-0.2, 0) is 5.31 Å². The van der Waals surface area contributed by atoms with E-state index in [0.717, 1.165) is 0 Å². The lowest BCUT2D eigenvalue weighted by Crippen LogP contribution is -2.24. The van der Waals surface area contributed by atoms with Gasteiger partial charge in [0.25, 0.3) is 0 Å². The van der Waals surface area contributed by atoms with Crippen LogP contribution in [0.15, 0.2) is 30.3 Å². The average Bonchev–Trinajstić information content (AvgIpc) is 2.18. The number of hydrogen-bond acceptors (Lipinski definition) is 0. The Bertz CT molecular complexity index is 224. The number of rotatable bonds is 3. The fourth-order valence-corrected chi connectivity index (χ4v) is 1.50. The van der Waals surface area contributed by atoms with Crippen molar-refractivity contribution in [3.63, 3.8) is 0 Å². The van der Waals surface area contributed by atoms with Gasteiger partial charge in [-0.1, -0.05) is 57.0 Å². The number of hydrogen-bond donors (Lipinski definition) is 0. The molecule has 1 heteroatoms. The Morgan fingerprint density at radius 3 is 2.00 bits per heavy atom. The molecular formula is C11H17B. The third-order valence-corrected chi connectivity index (χ3v) is 3.03. The summed E-state index contributed by atoms with van der Waals surface area (Å²) < 4.78 is 0. The van der Waals surface area contributed by atoms with Crippen molar-refractivity contribution >= 4 is 7.85 Å². The molecule has 0 aromatic heterocycles. The first-order valence-corrected chi connectivity index (χ1v) is 4.78. The van der Waals surface area contributed by atoms with E-state index < -0.39 is 0 Å². The lowest BCUT2D eigenvalue weighted by molar-refractivity contribution is 0.565. The fraction of sp³-hybridized carbons (Fsp3) is 0.455. The zero-order valence-electron chi connectivity index (χ0n) is 8.30. The van der Waals surface area contributed by atoms with E-state index in [9.17, 15) is 0 Å². The Morgan fingerprint density at radius 2 is 1.58 bits per heavy atom. The van der Waals surface area contributed by atoms with E-state index in [1.807, 2.05) is 0 Å². The second-order valence-corrected chi connectivity index (χ2v) is 3.63. The fourth-order valence-electron chi connectivity index (χ4n) is 1.50. The minimum atomic E-state index is 0.376. The molecular weight excluding hydrogens is 143 g/mol. The summed E-state index contributed by atoms with van der Waals surface area (Å²) >= 11 is 0. The van der Waals surface area contributed by atoms with Crippen LogP contribution in [0, 0.1) is 0 Å². The number of benzene rings is 1. The van der Waals surface area contributed by atoms with Gasteiger partial charge in [0, 0.05) is 0 Å². The molecule has 0 unspecified atom stereocenters. The van der Waals surface area contributed by atoms with E-state index in [1.54, 1.807) is 0 Å². The van der Waals surface area contributed by atoms with Crippen molar-refractivity contribution in [2.45, 2.75) is 32.0 Å². The molecule has 0 N–H and O–H groups in total. The van der Waals surface area contributed by atoms with Gasteiger partial charge in [-0.3, -0.25) is 0 Å². The molecule has 0 atom stereocenters. The van der Waals surface area contributed by atoms with E-state index in [2.05, 4.69) is 52.0 Å². The van der Waals surface area contributed by atoms with E-state index >= 15 is 0 Å². The Hall–Kier alpha value is -0.715. The summed E-state index contributed by atoms with van der Waals surface area (Å²) in [5.41, 5.74) is 1.47. The van der Waals surface area contributed by atoms with Crippen molar-refractivity contribution in [2.75, 3.05) is 0 Å². The maximum Gasteiger partial charge on any atom is 0.115 e. The van der Waals surface area contributed by atoms with Gasteiger partial charge in [-0.15, -0.1) is 0 Å². The molecule has 0 spiro atoms. The Kier molecular flexibility index (Phi) is 2.96. The Labute approximate surface area is 76.4 Å². The van der Waals surface area contributed by atoms with Crippen LogP contribution in [0.1, 0.15) is 32.3 Å². The van der Waals surface area contributed by atoms with Crippen molar-refractivity contribution < 1.29 is 0 Å². The highest BCUT2D eigenvalue weighted by molar-refractivity contribution is 6.15. The van der Waals surface area contributed by atoms with Crippen molar-refractivity contribution in [3.05, 3.63) is 35.9 Å². The summed E-state index contributed by atoms with van der Waals surface area (Å²) in [6.45, 7) is 4.52. The second kappa shape index (κ2) is 3.80. The van der Waals surface area contributed by atoms with Gasteiger partial charge in [0.2, 0.25) is 0 Å². The standard InChI is InChI=1S/C11H17B/c1-3-11(12,4-2)10-8-6-5-7-9-10/h5-9H,3-4,12H2,1-2H3. The zero-order valence-corrected chi connectivity index (χ0v) is 8.30. The summed E-state index contributed by atoms with van der Waals surface area (Å²) in [6.07, 6.45) is 2.43. The SMILES string of the molecule is BC(CC)(CC)c1ccccc1. The topological polar surface area (TPSA) is 0 Å². The van der Waals surface area contributed by atoms with Crippen LogP contribution < -0.4 is 0 Å². The van der Waals surface area contributed by atoms with Gasteiger partial charge in [-0.25, -0.2) is 0 Å². The molecule has 64 valence electrons. The minimum Gasteiger partial charge on any atom is -0.0652 e. The van der Waals surface area contributed by atoms with Gasteiger partial charge < -0.3 is 0 Å². The highest BCUT2D eigenvalue weighted by Gasteiger charge is 2.21. The van der Waals surface area contributed by atoms with Crippen LogP contribution in [0.25, 0.3) is 0 Å². The predicted molar refractivity (Wildman–Crippen MR) is 57.2 cm³/mol. The molecule has 1 aromatic rings. The molecule has 0 saturated heterocycles. The lowest BCUT2D eigenvalue weighted by Gasteiger charge is -2.27. The molecule has 0 radical (unpaired) electrons. The first-order valence-electron chi connectivity index (χ1n) is 4.78. The zero-order chi connectivity index (χ0) is 9.03. The van der Waals surface area contributed by atoms with Gasteiger partial charge >= 0.3 is 0 Å². The van der Waals surface area contributed by atoms with Crippen LogP contribution in [0.3, 0.4) is 0 Å². The largest absolute Gasteiger partial charge is 0.115 e. The smallest absolute Gasteiger partial charge is 0.0652 e. The third kappa shape index (κ3) is 1.71. The molecule has 0 aliphatic carbocycles. The average molecular weight is 160 g/mol. The van der Waals surface area contributed by atoms with Crippen LogP contribution in [0.2, 0.25) is 0 Å². The maximum absolute atomic E-state index is 2.34. The lowest BCUT2D eigenvalue weighted by atomic mass is 9.61. The van der Waals surface area contributed by atoms with Crippen molar-refractivity contribution in [1.29, 1.82) is 0 Å². The quantitative estimate of drug-likeness (QED) is 0.595. The molecule has 0 amide bonds. The summed E-state index contributed by atoms with van der Waals surface area (Å²) in [7, 11) is 2.34. The molecule has 1 rings (SSSR count). The molecule has 12 heavy (non-hydrogen) atoms. The van der Waals surface area contributed by atoms with Crippen molar-refractivity contribution in [1.82, 2.24) is 0 Å². The molecule has 0 fully saturated rings. The van der Waals surface area contributed by atoms with Crippen molar-refractivity contribution in [3.8, 4) is 0 Å². The van der Waals surface area contributed by atoms with Crippen molar-refractivity contribution in [2.24, 2.45) is 0 Å². The summed E-state index contributed by atoms with van der Waals surface area (Å²) in [4.78, 5) is 0. The van der Waals surface area contributed by atoms with Gasteiger partial charge in [-0.2, -0.15) is 0 Å². The van der Waals surface area contributed by atoms with Crippen LogP contribution in [0.5, 0.6) is 0 Å². The predicted octanol–water partition coefficient (Wildman–Crippen LogP) is 2.33. The molecule has 0 aliphatic heterocycles. The molecule has 0 bridgehead atoms. The summed E-state index contributed by atoms with van der Waals surface area (Å²) in [6, 6.07) is 10.8. The Morgan fingerprint density at radius 1 is 1.08 bits per heavy atom. The van der Waals surface area contributed by atoms with Crippen LogP contribution in [-0.4, -0.2) is 7.85 Å². The van der Waals surface area contributed by atoms with Gasteiger partial charge in [-0.05, 0) is 10.9 Å². The van der Waals surface area contributed by atoms with E-state index in [4.69, 9.17) is 0 Å². The summed E-state index contributed by atoms with van der Waals surface area (Å²) in [5.74, 6) is 0. The molecule has 0 nitrogen and oxygen atoms in total. The van der Waals surface area contributed by atoms with E-state index in [1.165, 1.54) is 18.4 Å². The summed E-state index contributed by atoms with van der Waals surface area (Å²) in [5, 5.41) is 0.376. The molecule has 0 heterocycles. The Balaban J connectivity index is 2.95.